The molecule has 1 heterocycles. The van der Waals surface area contributed by atoms with E-state index in [2.05, 4.69) is 10.3 Å². The van der Waals surface area contributed by atoms with Crippen LogP contribution in [0.15, 0.2) is 18.5 Å². The van der Waals surface area contributed by atoms with Crippen LogP contribution in [0.3, 0.4) is 0 Å². The van der Waals surface area contributed by atoms with Crippen LogP contribution in [0.5, 0.6) is 5.75 Å². The molecule has 0 saturated heterocycles. The van der Waals surface area contributed by atoms with Gasteiger partial charge in [-0.1, -0.05) is 0 Å². The second kappa shape index (κ2) is 4.42. The lowest BCUT2D eigenvalue weighted by Crippen LogP contribution is -2.25. The van der Waals surface area contributed by atoms with Crippen LogP contribution in [0, 0.1) is 0 Å². The maximum absolute atomic E-state index is 5.83. The summed E-state index contributed by atoms with van der Waals surface area (Å²) in [5.41, 5.74) is 1.19. The van der Waals surface area contributed by atoms with Gasteiger partial charge in [0.05, 0.1) is 12.3 Å². The Hall–Kier alpha value is -1.09. The summed E-state index contributed by atoms with van der Waals surface area (Å²) in [6, 6.07) is 2.00. The number of ether oxygens (including phenoxy) is 1. The van der Waals surface area contributed by atoms with Gasteiger partial charge in [-0.3, -0.25) is 4.98 Å². The first-order valence-electron chi connectivity index (χ1n) is 5.14. The molecule has 3 nitrogen and oxygen atoms in total. The maximum atomic E-state index is 5.83. The average Bonchev–Trinajstić information content (AvgIpc) is 2.14. The number of pyridine rings is 1. The molecule has 0 radical (unpaired) electrons. The fourth-order valence-electron chi connectivity index (χ4n) is 1.52. The molecular formula is C11H16N2O. The SMILES string of the molecule is CNCc1ccncc1OC1CCC1. The maximum Gasteiger partial charge on any atom is 0.142 e. The quantitative estimate of drug-likeness (QED) is 0.789. The lowest BCUT2D eigenvalue weighted by molar-refractivity contribution is 0.118. The van der Waals surface area contributed by atoms with Crippen molar-refractivity contribution in [2.75, 3.05) is 7.05 Å². The molecule has 0 spiro atoms. The molecule has 76 valence electrons. The highest BCUT2D eigenvalue weighted by Crippen LogP contribution is 2.26. The molecular weight excluding hydrogens is 176 g/mol. The van der Waals surface area contributed by atoms with E-state index in [1.165, 1.54) is 24.8 Å². The normalized spacial score (nSPS) is 16.4. The van der Waals surface area contributed by atoms with Crippen molar-refractivity contribution in [3.05, 3.63) is 24.0 Å². The van der Waals surface area contributed by atoms with Gasteiger partial charge in [0.25, 0.3) is 0 Å². The van der Waals surface area contributed by atoms with Crippen LogP contribution in [0.25, 0.3) is 0 Å². The van der Waals surface area contributed by atoms with Gasteiger partial charge in [0.15, 0.2) is 0 Å². The Kier molecular flexibility index (Phi) is 2.99. The van der Waals surface area contributed by atoms with E-state index in [4.69, 9.17) is 4.74 Å². The van der Waals surface area contributed by atoms with E-state index >= 15 is 0 Å². The van der Waals surface area contributed by atoms with Gasteiger partial charge >= 0.3 is 0 Å². The van der Waals surface area contributed by atoms with Crippen LogP contribution < -0.4 is 10.1 Å². The van der Waals surface area contributed by atoms with E-state index in [-0.39, 0.29) is 0 Å². The number of hydrogen-bond acceptors (Lipinski definition) is 3. The Balaban J connectivity index is 2.05. The number of aromatic nitrogens is 1. The van der Waals surface area contributed by atoms with Crippen molar-refractivity contribution in [2.24, 2.45) is 0 Å². The Morgan fingerprint density at radius 3 is 3.07 bits per heavy atom. The summed E-state index contributed by atoms with van der Waals surface area (Å²) < 4.78 is 5.83. The summed E-state index contributed by atoms with van der Waals surface area (Å²) in [5.74, 6) is 0.937. The number of hydrogen-bond donors (Lipinski definition) is 1. The summed E-state index contributed by atoms with van der Waals surface area (Å²) in [6.45, 7) is 0.838. The Labute approximate surface area is 84.5 Å². The van der Waals surface area contributed by atoms with E-state index in [1.54, 1.807) is 6.20 Å². The first-order valence-corrected chi connectivity index (χ1v) is 5.14. The third kappa shape index (κ3) is 2.04. The van der Waals surface area contributed by atoms with Gasteiger partial charge in [0.2, 0.25) is 0 Å². The lowest BCUT2D eigenvalue weighted by atomic mass is 9.96. The molecule has 1 aromatic heterocycles. The monoisotopic (exact) mass is 192 g/mol. The fraction of sp³-hybridized carbons (Fsp3) is 0.545. The zero-order chi connectivity index (χ0) is 9.80. The minimum absolute atomic E-state index is 0.426. The van der Waals surface area contributed by atoms with Crippen molar-refractivity contribution in [1.82, 2.24) is 10.3 Å². The van der Waals surface area contributed by atoms with Crippen LogP contribution in [-0.4, -0.2) is 18.1 Å². The summed E-state index contributed by atoms with van der Waals surface area (Å²) >= 11 is 0. The highest BCUT2D eigenvalue weighted by atomic mass is 16.5. The molecule has 0 unspecified atom stereocenters. The number of nitrogens with zero attached hydrogens (tertiary/aromatic N) is 1. The van der Waals surface area contributed by atoms with Gasteiger partial charge in [-0.05, 0) is 32.4 Å². The molecule has 1 aliphatic carbocycles. The molecule has 0 atom stereocenters. The van der Waals surface area contributed by atoms with Gasteiger partial charge in [-0.2, -0.15) is 0 Å². The van der Waals surface area contributed by atoms with E-state index in [1.807, 2.05) is 19.3 Å². The zero-order valence-electron chi connectivity index (χ0n) is 8.49. The Bertz CT molecular complexity index is 297. The van der Waals surface area contributed by atoms with Crippen LogP contribution in [0.2, 0.25) is 0 Å². The standard InChI is InChI=1S/C11H16N2O/c1-12-7-9-5-6-13-8-11(9)14-10-3-2-4-10/h5-6,8,10,12H,2-4,7H2,1H3. The first-order chi connectivity index (χ1) is 6.90. The van der Waals surface area contributed by atoms with E-state index < -0.39 is 0 Å². The molecule has 2 rings (SSSR count). The first kappa shape index (κ1) is 9.46. The summed E-state index contributed by atoms with van der Waals surface area (Å²) in [7, 11) is 1.94. The second-order valence-corrected chi connectivity index (χ2v) is 3.68. The Morgan fingerprint density at radius 1 is 1.57 bits per heavy atom. The third-order valence-electron chi connectivity index (χ3n) is 2.58. The number of nitrogens with one attached hydrogen (secondary N) is 1. The van der Waals surface area contributed by atoms with Crippen LogP contribution in [0.1, 0.15) is 24.8 Å². The van der Waals surface area contributed by atoms with E-state index in [9.17, 15) is 0 Å². The van der Waals surface area contributed by atoms with Gasteiger partial charge in [-0.25, -0.2) is 0 Å². The third-order valence-corrected chi connectivity index (χ3v) is 2.58. The molecule has 1 N–H and O–H groups in total. The van der Waals surface area contributed by atoms with Crippen molar-refractivity contribution in [1.29, 1.82) is 0 Å². The van der Waals surface area contributed by atoms with Crippen molar-refractivity contribution < 1.29 is 4.74 Å². The largest absolute Gasteiger partial charge is 0.488 e. The average molecular weight is 192 g/mol. The van der Waals surface area contributed by atoms with E-state index in [0.717, 1.165) is 12.3 Å². The molecule has 0 amide bonds. The molecule has 1 saturated carbocycles. The molecule has 1 aliphatic rings. The highest BCUT2D eigenvalue weighted by Gasteiger charge is 2.20. The molecule has 0 bridgehead atoms. The van der Waals surface area contributed by atoms with Gasteiger partial charge in [0.1, 0.15) is 5.75 Å². The van der Waals surface area contributed by atoms with Crippen molar-refractivity contribution in [3.63, 3.8) is 0 Å². The summed E-state index contributed by atoms with van der Waals surface area (Å²) in [6.07, 6.45) is 7.72. The molecule has 1 fully saturated rings. The van der Waals surface area contributed by atoms with Crippen LogP contribution >= 0.6 is 0 Å². The zero-order valence-corrected chi connectivity index (χ0v) is 8.49. The smallest absolute Gasteiger partial charge is 0.142 e. The minimum Gasteiger partial charge on any atom is -0.488 e. The van der Waals surface area contributed by atoms with E-state index in [0.29, 0.717) is 6.10 Å². The highest BCUT2D eigenvalue weighted by molar-refractivity contribution is 5.30. The molecule has 3 heteroatoms. The van der Waals surface area contributed by atoms with Gasteiger partial charge in [-0.15, -0.1) is 0 Å². The predicted octanol–water partition coefficient (Wildman–Crippen LogP) is 1.73. The number of rotatable bonds is 4. The summed E-state index contributed by atoms with van der Waals surface area (Å²) in [5, 5.41) is 3.13. The molecule has 14 heavy (non-hydrogen) atoms. The molecule has 0 aliphatic heterocycles. The molecule has 1 aromatic rings. The van der Waals surface area contributed by atoms with Gasteiger partial charge in [0, 0.05) is 18.3 Å². The van der Waals surface area contributed by atoms with Crippen molar-refractivity contribution in [2.45, 2.75) is 31.9 Å². The Morgan fingerprint density at radius 2 is 2.43 bits per heavy atom. The fourth-order valence-corrected chi connectivity index (χ4v) is 1.52. The van der Waals surface area contributed by atoms with Crippen molar-refractivity contribution >= 4 is 0 Å². The minimum atomic E-state index is 0.426. The lowest BCUT2D eigenvalue weighted by Gasteiger charge is -2.27. The molecule has 0 aromatic carbocycles. The summed E-state index contributed by atoms with van der Waals surface area (Å²) in [4.78, 5) is 4.09. The van der Waals surface area contributed by atoms with Crippen LogP contribution in [0.4, 0.5) is 0 Å². The van der Waals surface area contributed by atoms with Gasteiger partial charge < -0.3 is 10.1 Å². The second-order valence-electron chi connectivity index (χ2n) is 3.68. The predicted molar refractivity (Wildman–Crippen MR) is 55.3 cm³/mol. The van der Waals surface area contributed by atoms with Crippen LogP contribution in [-0.2, 0) is 6.54 Å². The topological polar surface area (TPSA) is 34.2 Å². The van der Waals surface area contributed by atoms with Crippen molar-refractivity contribution in [3.8, 4) is 5.75 Å².